The van der Waals surface area contributed by atoms with Gasteiger partial charge in [0, 0.05) is 34.2 Å². The van der Waals surface area contributed by atoms with E-state index in [9.17, 15) is 0 Å². The molecule has 0 bridgehead atoms. The number of methoxy groups -OCH3 is 2. The van der Waals surface area contributed by atoms with Crippen molar-refractivity contribution >= 4 is 34.0 Å². The molecule has 0 atom stereocenters. The predicted molar refractivity (Wildman–Crippen MR) is 96.6 cm³/mol. The van der Waals surface area contributed by atoms with Crippen molar-refractivity contribution in [3.63, 3.8) is 0 Å². The predicted octanol–water partition coefficient (Wildman–Crippen LogP) is 3.44. The molecule has 0 saturated heterocycles. The van der Waals surface area contributed by atoms with Crippen LogP contribution in [0, 0.1) is 6.92 Å². The standard InChI is InChI=1S/C17H17ClN4O2/c1-8-12(23-2)6-13(24-3)16(18)15(8)11-4-9-7-21-14(19)5-10(9)17(20)22-11/h4-7H,1-3H3,(H2,19,21)(H2,20,22). The van der Waals surface area contributed by atoms with Gasteiger partial charge < -0.3 is 20.9 Å². The summed E-state index contributed by atoms with van der Waals surface area (Å²) in [7, 11) is 3.14. The third kappa shape index (κ3) is 2.55. The number of benzene rings is 1. The van der Waals surface area contributed by atoms with E-state index in [2.05, 4.69) is 9.97 Å². The largest absolute Gasteiger partial charge is 0.496 e. The molecule has 2 heterocycles. The topological polar surface area (TPSA) is 96.3 Å². The molecule has 0 radical (unpaired) electrons. The Hall–Kier alpha value is -2.73. The fraction of sp³-hybridized carbons (Fsp3) is 0.176. The molecule has 4 N–H and O–H groups in total. The first kappa shape index (κ1) is 16.1. The molecule has 1 aromatic carbocycles. The summed E-state index contributed by atoms with van der Waals surface area (Å²) in [4.78, 5) is 8.59. The summed E-state index contributed by atoms with van der Waals surface area (Å²) in [6, 6.07) is 5.31. The van der Waals surface area contributed by atoms with Crippen LogP contribution in [0.1, 0.15) is 5.56 Å². The summed E-state index contributed by atoms with van der Waals surface area (Å²) in [5, 5.41) is 2.02. The van der Waals surface area contributed by atoms with Crippen LogP contribution in [0.25, 0.3) is 22.0 Å². The van der Waals surface area contributed by atoms with Gasteiger partial charge in [-0.3, -0.25) is 0 Å². The van der Waals surface area contributed by atoms with Gasteiger partial charge in [0.15, 0.2) is 0 Å². The number of aromatic nitrogens is 2. The molecule has 7 heteroatoms. The van der Waals surface area contributed by atoms with E-state index in [1.807, 2.05) is 13.0 Å². The number of hydrogen-bond acceptors (Lipinski definition) is 6. The quantitative estimate of drug-likeness (QED) is 0.755. The van der Waals surface area contributed by atoms with E-state index in [1.165, 1.54) is 0 Å². The van der Waals surface area contributed by atoms with E-state index in [-0.39, 0.29) is 0 Å². The zero-order valence-electron chi connectivity index (χ0n) is 13.6. The van der Waals surface area contributed by atoms with Crippen molar-refractivity contribution in [3.05, 3.63) is 35.0 Å². The number of anilines is 2. The van der Waals surface area contributed by atoms with E-state index in [1.54, 1.807) is 32.5 Å². The van der Waals surface area contributed by atoms with Crippen molar-refractivity contribution < 1.29 is 9.47 Å². The van der Waals surface area contributed by atoms with Crippen molar-refractivity contribution in [1.29, 1.82) is 0 Å². The molecule has 6 nitrogen and oxygen atoms in total. The Balaban J connectivity index is 2.33. The summed E-state index contributed by atoms with van der Waals surface area (Å²) in [5.41, 5.74) is 14.0. The summed E-state index contributed by atoms with van der Waals surface area (Å²) in [5.74, 6) is 1.90. The number of nitrogens with two attached hydrogens (primary N) is 2. The van der Waals surface area contributed by atoms with E-state index < -0.39 is 0 Å². The lowest BCUT2D eigenvalue weighted by atomic mass is 10.0. The number of halogens is 1. The van der Waals surface area contributed by atoms with Gasteiger partial charge in [-0.1, -0.05) is 11.6 Å². The molecule has 0 unspecified atom stereocenters. The number of nitrogen functional groups attached to an aromatic ring is 2. The van der Waals surface area contributed by atoms with Gasteiger partial charge in [0.05, 0.1) is 24.9 Å². The first-order valence-electron chi connectivity index (χ1n) is 7.19. The van der Waals surface area contributed by atoms with Crippen LogP contribution in [0.5, 0.6) is 11.5 Å². The molecule has 0 aliphatic carbocycles. The second-order valence-corrected chi connectivity index (χ2v) is 5.70. The molecule has 3 rings (SSSR count). The van der Waals surface area contributed by atoms with Gasteiger partial charge in [0.1, 0.15) is 23.1 Å². The van der Waals surface area contributed by atoms with Gasteiger partial charge in [-0.05, 0) is 19.1 Å². The lowest BCUT2D eigenvalue weighted by Gasteiger charge is -2.16. The first-order valence-corrected chi connectivity index (χ1v) is 7.57. The maximum absolute atomic E-state index is 6.51. The third-order valence-corrected chi connectivity index (χ3v) is 4.28. The van der Waals surface area contributed by atoms with Gasteiger partial charge >= 0.3 is 0 Å². The number of nitrogens with zero attached hydrogens (tertiary/aromatic N) is 2. The normalized spacial score (nSPS) is 10.8. The molecule has 24 heavy (non-hydrogen) atoms. The Morgan fingerprint density at radius 3 is 2.42 bits per heavy atom. The second-order valence-electron chi connectivity index (χ2n) is 5.32. The summed E-state index contributed by atoms with van der Waals surface area (Å²) in [6.45, 7) is 1.91. The molecular weight excluding hydrogens is 328 g/mol. The average molecular weight is 345 g/mol. The van der Waals surface area contributed by atoms with E-state index in [4.69, 9.17) is 32.5 Å². The van der Waals surface area contributed by atoms with E-state index >= 15 is 0 Å². The van der Waals surface area contributed by atoms with Gasteiger partial charge in [0.2, 0.25) is 0 Å². The number of ether oxygens (including phenoxy) is 2. The molecule has 0 aliphatic rings. The molecule has 3 aromatic rings. The fourth-order valence-electron chi connectivity index (χ4n) is 2.68. The van der Waals surface area contributed by atoms with Gasteiger partial charge in [-0.2, -0.15) is 0 Å². The molecule has 0 amide bonds. The maximum atomic E-state index is 6.51. The van der Waals surface area contributed by atoms with Crippen LogP contribution in [-0.2, 0) is 0 Å². The van der Waals surface area contributed by atoms with Crippen molar-refractivity contribution in [3.8, 4) is 22.8 Å². The van der Waals surface area contributed by atoms with Crippen LogP contribution >= 0.6 is 11.6 Å². The Labute approximate surface area is 144 Å². The summed E-state index contributed by atoms with van der Waals surface area (Å²) >= 11 is 6.51. The minimum atomic E-state index is 0.355. The molecule has 0 aliphatic heterocycles. The SMILES string of the molecule is COc1cc(OC)c(Cl)c(-c2cc3cnc(N)cc3c(N)n2)c1C. The highest BCUT2D eigenvalue weighted by molar-refractivity contribution is 6.35. The molecule has 2 aromatic heterocycles. The number of hydrogen-bond donors (Lipinski definition) is 2. The van der Waals surface area contributed by atoms with Crippen molar-refractivity contribution in [2.45, 2.75) is 6.92 Å². The van der Waals surface area contributed by atoms with Crippen LogP contribution in [0.2, 0.25) is 5.02 Å². The highest BCUT2D eigenvalue weighted by Crippen LogP contribution is 2.43. The second kappa shape index (κ2) is 6.05. The molecular formula is C17H17ClN4O2. The minimum Gasteiger partial charge on any atom is -0.496 e. The Morgan fingerprint density at radius 2 is 1.75 bits per heavy atom. The Bertz CT molecular complexity index is 916. The van der Waals surface area contributed by atoms with Crippen LogP contribution in [-0.4, -0.2) is 24.2 Å². The fourth-order valence-corrected chi connectivity index (χ4v) is 3.05. The van der Waals surface area contributed by atoms with Crippen LogP contribution in [0.15, 0.2) is 24.4 Å². The van der Waals surface area contributed by atoms with Crippen LogP contribution in [0.4, 0.5) is 11.6 Å². The lowest BCUT2D eigenvalue weighted by Crippen LogP contribution is -2.00. The molecule has 0 spiro atoms. The Morgan fingerprint density at radius 1 is 1.04 bits per heavy atom. The van der Waals surface area contributed by atoms with Crippen LogP contribution in [0.3, 0.4) is 0 Å². The minimum absolute atomic E-state index is 0.355. The highest BCUT2D eigenvalue weighted by Gasteiger charge is 2.19. The zero-order chi connectivity index (χ0) is 17.4. The van der Waals surface area contributed by atoms with Crippen molar-refractivity contribution in [1.82, 2.24) is 9.97 Å². The smallest absolute Gasteiger partial charge is 0.141 e. The molecule has 0 fully saturated rings. The monoisotopic (exact) mass is 344 g/mol. The highest BCUT2D eigenvalue weighted by atomic mass is 35.5. The molecule has 124 valence electrons. The van der Waals surface area contributed by atoms with Crippen molar-refractivity contribution in [2.75, 3.05) is 25.7 Å². The number of rotatable bonds is 3. The first-order chi connectivity index (χ1) is 11.5. The van der Waals surface area contributed by atoms with Gasteiger partial charge in [-0.25, -0.2) is 9.97 Å². The van der Waals surface area contributed by atoms with Crippen molar-refractivity contribution in [2.24, 2.45) is 0 Å². The van der Waals surface area contributed by atoms with E-state index in [0.29, 0.717) is 39.4 Å². The summed E-state index contributed by atoms with van der Waals surface area (Å²) in [6.07, 6.45) is 1.66. The third-order valence-electron chi connectivity index (χ3n) is 3.90. The van der Waals surface area contributed by atoms with Gasteiger partial charge in [-0.15, -0.1) is 0 Å². The van der Waals surface area contributed by atoms with E-state index in [0.717, 1.165) is 16.3 Å². The van der Waals surface area contributed by atoms with Crippen LogP contribution < -0.4 is 20.9 Å². The molecule has 0 saturated carbocycles. The van der Waals surface area contributed by atoms with Gasteiger partial charge in [0.25, 0.3) is 0 Å². The Kier molecular flexibility index (Phi) is 4.07. The number of pyridine rings is 2. The maximum Gasteiger partial charge on any atom is 0.141 e. The zero-order valence-corrected chi connectivity index (χ0v) is 14.3. The lowest BCUT2D eigenvalue weighted by molar-refractivity contribution is 0.393. The summed E-state index contributed by atoms with van der Waals surface area (Å²) < 4.78 is 10.7. The average Bonchev–Trinajstić information content (AvgIpc) is 2.56. The number of fused-ring (bicyclic) bond motifs is 1.